The number of carbonyl (C=O) groups is 1. The highest BCUT2D eigenvalue weighted by molar-refractivity contribution is 5.77. The molecule has 2 saturated heterocycles. The third-order valence-corrected chi connectivity index (χ3v) is 4.89. The predicted octanol–water partition coefficient (Wildman–Crippen LogP) is 1.78. The lowest BCUT2D eigenvalue weighted by atomic mass is 9.94. The van der Waals surface area contributed by atoms with Crippen molar-refractivity contribution in [3.05, 3.63) is 0 Å². The number of hydrogen-bond donors (Lipinski definition) is 1. The molecule has 3 fully saturated rings. The molecule has 3 aliphatic rings. The van der Waals surface area contributed by atoms with Crippen LogP contribution in [0.25, 0.3) is 0 Å². The lowest BCUT2D eigenvalue weighted by Crippen LogP contribution is -2.38. The molecule has 1 aliphatic carbocycles. The minimum Gasteiger partial charge on any atom is -0.339 e. The van der Waals surface area contributed by atoms with Crippen LogP contribution in [0.5, 0.6) is 0 Å². The van der Waals surface area contributed by atoms with Gasteiger partial charge < -0.3 is 10.2 Å². The van der Waals surface area contributed by atoms with Crippen molar-refractivity contribution in [2.45, 2.75) is 51.0 Å². The van der Waals surface area contributed by atoms with E-state index in [4.69, 9.17) is 0 Å². The van der Waals surface area contributed by atoms with Gasteiger partial charge in [0.2, 0.25) is 5.91 Å². The molecule has 3 unspecified atom stereocenters. The Hall–Kier alpha value is -0.570. The molecule has 0 aromatic rings. The van der Waals surface area contributed by atoms with Crippen molar-refractivity contribution in [3.63, 3.8) is 0 Å². The third-order valence-electron chi connectivity index (χ3n) is 4.89. The second kappa shape index (κ2) is 4.97. The Morgan fingerprint density at radius 1 is 1.29 bits per heavy atom. The maximum atomic E-state index is 12.2. The van der Waals surface area contributed by atoms with Crippen LogP contribution in [0.2, 0.25) is 0 Å². The van der Waals surface area contributed by atoms with Crippen molar-refractivity contribution in [1.29, 1.82) is 0 Å². The molecule has 3 atom stereocenters. The van der Waals surface area contributed by atoms with Crippen molar-refractivity contribution >= 4 is 5.91 Å². The first-order valence-corrected chi connectivity index (χ1v) is 7.33. The number of likely N-dealkylation sites (tertiary alicyclic amines) is 1. The van der Waals surface area contributed by atoms with Crippen LogP contribution in [0.1, 0.15) is 44.9 Å². The van der Waals surface area contributed by atoms with Crippen LogP contribution in [-0.4, -0.2) is 36.5 Å². The Morgan fingerprint density at radius 3 is 2.88 bits per heavy atom. The maximum absolute atomic E-state index is 12.2. The van der Waals surface area contributed by atoms with E-state index in [1.165, 1.54) is 38.6 Å². The molecule has 2 heterocycles. The molecule has 1 saturated carbocycles. The number of rotatable bonds is 3. The second-order valence-electron chi connectivity index (χ2n) is 6.13. The van der Waals surface area contributed by atoms with Crippen LogP contribution >= 0.6 is 0 Å². The van der Waals surface area contributed by atoms with Gasteiger partial charge in [0, 0.05) is 19.0 Å². The van der Waals surface area contributed by atoms with E-state index < -0.39 is 0 Å². The molecule has 0 radical (unpaired) electrons. The van der Waals surface area contributed by atoms with E-state index in [0.717, 1.165) is 37.8 Å². The molecule has 2 bridgehead atoms. The first-order valence-electron chi connectivity index (χ1n) is 7.33. The predicted molar refractivity (Wildman–Crippen MR) is 67.7 cm³/mol. The Kier molecular flexibility index (Phi) is 3.37. The van der Waals surface area contributed by atoms with Gasteiger partial charge in [-0.2, -0.15) is 0 Å². The zero-order valence-electron chi connectivity index (χ0n) is 10.7. The van der Waals surface area contributed by atoms with Gasteiger partial charge in [-0.1, -0.05) is 0 Å². The summed E-state index contributed by atoms with van der Waals surface area (Å²) in [4.78, 5) is 14.4. The van der Waals surface area contributed by atoms with Gasteiger partial charge in [-0.25, -0.2) is 0 Å². The number of carbonyl (C=O) groups excluding carboxylic acids is 1. The van der Waals surface area contributed by atoms with E-state index in [1.54, 1.807) is 0 Å². The molecule has 3 heteroatoms. The molecule has 2 aliphatic heterocycles. The van der Waals surface area contributed by atoms with Crippen LogP contribution in [0, 0.1) is 11.8 Å². The fourth-order valence-electron chi connectivity index (χ4n) is 3.87. The van der Waals surface area contributed by atoms with Crippen molar-refractivity contribution in [2.24, 2.45) is 11.8 Å². The first-order chi connectivity index (χ1) is 8.33. The summed E-state index contributed by atoms with van der Waals surface area (Å²) < 4.78 is 0. The van der Waals surface area contributed by atoms with Crippen LogP contribution in [0.15, 0.2) is 0 Å². The van der Waals surface area contributed by atoms with Gasteiger partial charge in [0.15, 0.2) is 0 Å². The molecule has 1 amide bonds. The number of hydrogen-bond acceptors (Lipinski definition) is 2. The molecule has 0 aromatic carbocycles. The summed E-state index contributed by atoms with van der Waals surface area (Å²) in [6.07, 6.45) is 8.40. The van der Waals surface area contributed by atoms with Crippen molar-refractivity contribution < 1.29 is 4.79 Å². The summed E-state index contributed by atoms with van der Waals surface area (Å²) in [6.45, 7) is 3.35. The van der Waals surface area contributed by atoms with Crippen molar-refractivity contribution in [1.82, 2.24) is 10.2 Å². The number of amides is 1. The van der Waals surface area contributed by atoms with E-state index in [9.17, 15) is 4.79 Å². The Bertz CT molecular complexity index is 286. The number of fused-ring (bicyclic) bond motifs is 2. The van der Waals surface area contributed by atoms with Crippen LogP contribution in [-0.2, 0) is 4.79 Å². The lowest BCUT2D eigenvalue weighted by Gasteiger charge is -2.28. The van der Waals surface area contributed by atoms with Gasteiger partial charge in [0.25, 0.3) is 0 Å². The monoisotopic (exact) mass is 236 g/mol. The third kappa shape index (κ3) is 2.49. The summed E-state index contributed by atoms with van der Waals surface area (Å²) >= 11 is 0. The summed E-state index contributed by atoms with van der Waals surface area (Å²) in [5, 5.41) is 3.43. The van der Waals surface area contributed by atoms with Gasteiger partial charge in [-0.15, -0.1) is 0 Å². The number of piperidine rings is 2. The van der Waals surface area contributed by atoms with Gasteiger partial charge in [-0.3, -0.25) is 4.79 Å². The highest BCUT2D eigenvalue weighted by Crippen LogP contribution is 2.37. The zero-order chi connectivity index (χ0) is 11.7. The molecule has 3 nitrogen and oxygen atoms in total. The van der Waals surface area contributed by atoms with Gasteiger partial charge in [0.1, 0.15) is 0 Å². The van der Waals surface area contributed by atoms with Gasteiger partial charge in [-0.05, 0) is 63.5 Å². The van der Waals surface area contributed by atoms with Gasteiger partial charge in [0.05, 0.1) is 0 Å². The number of nitrogens with one attached hydrogen (secondary N) is 1. The summed E-state index contributed by atoms with van der Waals surface area (Å²) in [5.41, 5.74) is 0. The molecule has 96 valence electrons. The van der Waals surface area contributed by atoms with Crippen LogP contribution < -0.4 is 5.32 Å². The summed E-state index contributed by atoms with van der Waals surface area (Å²) in [5.74, 6) is 2.01. The highest BCUT2D eigenvalue weighted by Gasteiger charge is 2.39. The minimum atomic E-state index is 0.433. The average molecular weight is 236 g/mol. The average Bonchev–Trinajstić information content (AvgIpc) is 2.99. The topological polar surface area (TPSA) is 32.3 Å². The van der Waals surface area contributed by atoms with E-state index in [1.807, 2.05) is 0 Å². The first kappa shape index (κ1) is 11.5. The van der Waals surface area contributed by atoms with E-state index in [-0.39, 0.29) is 0 Å². The number of nitrogens with zero attached hydrogens (tertiary/aromatic N) is 1. The van der Waals surface area contributed by atoms with Crippen molar-refractivity contribution in [2.75, 3.05) is 19.6 Å². The lowest BCUT2D eigenvalue weighted by molar-refractivity contribution is -0.133. The molecule has 17 heavy (non-hydrogen) atoms. The molecular weight excluding hydrogens is 212 g/mol. The molecule has 0 aromatic heterocycles. The van der Waals surface area contributed by atoms with Crippen LogP contribution in [0.4, 0.5) is 0 Å². The molecule has 1 N–H and O–H groups in total. The Morgan fingerprint density at radius 2 is 2.24 bits per heavy atom. The summed E-state index contributed by atoms with van der Waals surface area (Å²) in [6, 6.07) is 0.608. The van der Waals surface area contributed by atoms with Crippen molar-refractivity contribution in [3.8, 4) is 0 Å². The minimum absolute atomic E-state index is 0.433. The second-order valence-corrected chi connectivity index (χ2v) is 6.13. The largest absolute Gasteiger partial charge is 0.339 e. The molecular formula is C14H24N2O. The summed E-state index contributed by atoms with van der Waals surface area (Å²) in [7, 11) is 0. The fourth-order valence-corrected chi connectivity index (χ4v) is 3.87. The zero-order valence-corrected chi connectivity index (χ0v) is 10.7. The smallest absolute Gasteiger partial charge is 0.222 e. The SMILES string of the molecule is O=C(CCC1CCCNC1)N1CC2CCC1C2. The Balaban J connectivity index is 1.44. The van der Waals surface area contributed by atoms with Crippen LogP contribution in [0.3, 0.4) is 0 Å². The quantitative estimate of drug-likeness (QED) is 0.810. The molecule has 3 rings (SSSR count). The maximum Gasteiger partial charge on any atom is 0.222 e. The fraction of sp³-hybridized carbons (Fsp3) is 0.929. The highest BCUT2D eigenvalue weighted by atomic mass is 16.2. The van der Waals surface area contributed by atoms with Gasteiger partial charge >= 0.3 is 0 Å². The Labute approximate surface area is 104 Å². The molecule has 0 spiro atoms. The van der Waals surface area contributed by atoms with E-state index >= 15 is 0 Å². The normalized spacial score (nSPS) is 36.5. The van der Waals surface area contributed by atoms with E-state index in [2.05, 4.69) is 10.2 Å². The standard InChI is InChI=1S/C14H24N2O/c17-14(6-4-11-2-1-7-15-9-11)16-10-12-3-5-13(16)8-12/h11-13,15H,1-10H2. The van der Waals surface area contributed by atoms with E-state index in [0.29, 0.717) is 11.9 Å².